The van der Waals surface area contributed by atoms with E-state index < -0.39 is 0 Å². The minimum absolute atomic E-state index is 0.114. The van der Waals surface area contributed by atoms with Crippen LogP contribution >= 0.6 is 15.9 Å². The SMILES string of the molecule is CCCCOc1cccc(Nc2cc(Br)cn(C)c2=O)n1. The van der Waals surface area contributed by atoms with Crippen LogP contribution in [-0.4, -0.2) is 16.2 Å². The number of hydrogen-bond acceptors (Lipinski definition) is 4. The molecule has 2 aromatic heterocycles. The summed E-state index contributed by atoms with van der Waals surface area (Å²) in [5.74, 6) is 1.14. The molecular formula is C15H18BrN3O2. The lowest BCUT2D eigenvalue weighted by molar-refractivity contribution is 0.298. The number of aryl methyl sites for hydroxylation is 1. The monoisotopic (exact) mass is 351 g/mol. The Bertz CT molecular complexity index is 670. The molecule has 0 aromatic carbocycles. The number of hydrogen-bond donors (Lipinski definition) is 1. The number of rotatable bonds is 6. The van der Waals surface area contributed by atoms with Gasteiger partial charge in [0.1, 0.15) is 11.5 Å². The van der Waals surface area contributed by atoms with E-state index in [1.165, 1.54) is 4.57 Å². The zero-order valence-electron chi connectivity index (χ0n) is 12.1. The van der Waals surface area contributed by atoms with Crippen molar-refractivity contribution >= 4 is 27.4 Å². The Balaban J connectivity index is 2.16. The van der Waals surface area contributed by atoms with E-state index in [1.807, 2.05) is 6.07 Å². The number of halogens is 1. The summed E-state index contributed by atoms with van der Waals surface area (Å²) in [5, 5.41) is 3.03. The molecule has 0 aliphatic heterocycles. The van der Waals surface area contributed by atoms with Gasteiger partial charge in [0.2, 0.25) is 5.88 Å². The average Bonchev–Trinajstić information content (AvgIpc) is 2.45. The summed E-state index contributed by atoms with van der Waals surface area (Å²) in [4.78, 5) is 16.4. The van der Waals surface area contributed by atoms with Gasteiger partial charge < -0.3 is 14.6 Å². The molecule has 0 amide bonds. The minimum Gasteiger partial charge on any atom is -0.478 e. The van der Waals surface area contributed by atoms with Gasteiger partial charge in [0, 0.05) is 23.8 Å². The molecule has 0 aliphatic rings. The van der Waals surface area contributed by atoms with Crippen LogP contribution in [0, 0.1) is 0 Å². The lowest BCUT2D eigenvalue weighted by atomic mass is 10.3. The van der Waals surface area contributed by atoms with Gasteiger partial charge in [-0.25, -0.2) is 0 Å². The first-order valence-corrected chi connectivity index (χ1v) is 7.62. The molecule has 0 unspecified atom stereocenters. The third-order valence-corrected chi connectivity index (χ3v) is 3.32. The molecule has 0 saturated carbocycles. The Morgan fingerprint density at radius 1 is 1.43 bits per heavy atom. The lowest BCUT2D eigenvalue weighted by Gasteiger charge is -2.09. The quantitative estimate of drug-likeness (QED) is 0.809. The summed E-state index contributed by atoms with van der Waals surface area (Å²) in [7, 11) is 1.70. The lowest BCUT2D eigenvalue weighted by Crippen LogP contribution is -2.19. The fourth-order valence-electron chi connectivity index (χ4n) is 1.78. The van der Waals surface area contributed by atoms with Gasteiger partial charge in [-0.1, -0.05) is 19.4 Å². The smallest absolute Gasteiger partial charge is 0.274 e. The second-order valence-electron chi connectivity index (χ2n) is 4.68. The van der Waals surface area contributed by atoms with Gasteiger partial charge in [0.15, 0.2) is 0 Å². The highest BCUT2D eigenvalue weighted by atomic mass is 79.9. The third-order valence-electron chi connectivity index (χ3n) is 2.88. The van der Waals surface area contributed by atoms with E-state index in [2.05, 4.69) is 33.2 Å². The van der Waals surface area contributed by atoms with Crippen molar-refractivity contribution in [1.29, 1.82) is 0 Å². The second kappa shape index (κ2) is 7.26. The van der Waals surface area contributed by atoms with Crippen molar-refractivity contribution in [3.63, 3.8) is 0 Å². The van der Waals surface area contributed by atoms with Crippen molar-refractivity contribution in [2.75, 3.05) is 11.9 Å². The predicted octanol–water partition coefficient (Wildman–Crippen LogP) is 3.47. The number of unbranched alkanes of at least 4 members (excludes halogenated alkanes) is 1. The van der Waals surface area contributed by atoms with E-state index in [0.29, 0.717) is 24.0 Å². The molecule has 0 fully saturated rings. The summed E-state index contributed by atoms with van der Waals surface area (Å²) in [6.45, 7) is 2.75. The van der Waals surface area contributed by atoms with Crippen molar-refractivity contribution < 1.29 is 4.74 Å². The zero-order chi connectivity index (χ0) is 15.2. The van der Waals surface area contributed by atoms with Crippen molar-refractivity contribution in [2.24, 2.45) is 7.05 Å². The fourth-order valence-corrected chi connectivity index (χ4v) is 2.32. The largest absolute Gasteiger partial charge is 0.478 e. The fraction of sp³-hybridized carbons (Fsp3) is 0.333. The van der Waals surface area contributed by atoms with E-state index in [1.54, 1.807) is 31.4 Å². The Morgan fingerprint density at radius 2 is 2.24 bits per heavy atom. The van der Waals surface area contributed by atoms with Gasteiger partial charge in [-0.2, -0.15) is 4.98 Å². The maximum atomic E-state index is 12.0. The van der Waals surface area contributed by atoms with Gasteiger partial charge >= 0.3 is 0 Å². The predicted molar refractivity (Wildman–Crippen MR) is 87.3 cm³/mol. The molecule has 0 radical (unpaired) electrons. The molecule has 112 valence electrons. The van der Waals surface area contributed by atoms with Gasteiger partial charge in [-0.15, -0.1) is 0 Å². The van der Waals surface area contributed by atoms with Crippen LogP contribution in [0.3, 0.4) is 0 Å². The molecule has 2 aromatic rings. The summed E-state index contributed by atoms with van der Waals surface area (Å²) < 4.78 is 7.89. The van der Waals surface area contributed by atoms with Crippen molar-refractivity contribution in [2.45, 2.75) is 19.8 Å². The number of pyridine rings is 2. The summed E-state index contributed by atoms with van der Waals surface area (Å²) in [6.07, 6.45) is 3.78. The van der Waals surface area contributed by atoms with Crippen LogP contribution in [0.25, 0.3) is 0 Å². The highest BCUT2D eigenvalue weighted by Crippen LogP contribution is 2.18. The molecule has 2 heterocycles. The summed E-state index contributed by atoms with van der Waals surface area (Å²) in [6, 6.07) is 7.18. The Hall–Kier alpha value is -1.82. The second-order valence-corrected chi connectivity index (χ2v) is 5.59. The molecule has 2 rings (SSSR count). The van der Waals surface area contributed by atoms with Crippen LogP contribution in [-0.2, 0) is 7.05 Å². The standard InChI is InChI=1S/C15H18BrN3O2/c1-3-4-8-21-14-7-5-6-13(18-14)17-12-9-11(16)10-19(2)15(12)20/h5-7,9-10H,3-4,8H2,1-2H3,(H,17,18). The molecule has 21 heavy (non-hydrogen) atoms. The van der Waals surface area contributed by atoms with Crippen molar-refractivity contribution in [3.8, 4) is 5.88 Å². The van der Waals surface area contributed by atoms with Crippen LogP contribution < -0.4 is 15.6 Å². The highest BCUT2D eigenvalue weighted by Gasteiger charge is 2.05. The van der Waals surface area contributed by atoms with E-state index >= 15 is 0 Å². The van der Waals surface area contributed by atoms with Crippen LogP contribution in [0.5, 0.6) is 5.88 Å². The number of nitrogens with one attached hydrogen (secondary N) is 1. The number of aromatic nitrogens is 2. The van der Waals surface area contributed by atoms with Crippen LogP contribution in [0.4, 0.5) is 11.5 Å². The Labute approximate surface area is 132 Å². The zero-order valence-corrected chi connectivity index (χ0v) is 13.7. The van der Waals surface area contributed by atoms with Crippen molar-refractivity contribution in [3.05, 3.63) is 45.3 Å². The first-order valence-electron chi connectivity index (χ1n) is 6.83. The molecule has 0 aliphatic carbocycles. The minimum atomic E-state index is -0.114. The van der Waals surface area contributed by atoms with Gasteiger partial charge in [-0.05, 0) is 34.5 Å². The average molecular weight is 352 g/mol. The Morgan fingerprint density at radius 3 is 3.00 bits per heavy atom. The molecule has 6 heteroatoms. The third kappa shape index (κ3) is 4.32. The topological polar surface area (TPSA) is 56.1 Å². The first-order chi connectivity index (χ1) is 10.1. The van der Waals surface area contributed by atoms with Gasteiger partial charge in [0.25, 0.3) is 5.56 Å². The molecule has 0 spiro atoms. The molecule has 0 bridgehead atoms. The molecule has 0 saturated heterocycles. The van der Waals surface area contributed by atoms with E-state index in [9.17, 15) is 4.79 Å². The molecular weight excluding hydrogens is 334 g/mol. The summed E-state index contributed by atoms with van der Waals surface area (Å²) in [5.41, 5.74) is 0.349. The van der Waals surface area contributed by atoms with E-state index in [-0.39, 0.29) is 5.56 Å². The number of ether oxygens (including phenoxy) is 1. The highest BCUT2D eigenvalue weighted by molar-refractivity contribution is 9.10. The normalized spacial score (nSPS) is 10.4. The molecule has 5 nitrogen and oxygen atoms in total. The van der Waals surface area contributed by atoms with Crippen LogP contribution in [0.2, 0.25) is 0 Å². The van der Waals surface area contributed by atoms with Crippen LogP contribution in [0.1, 0.15) is 19.8 Å². The van der Waals surface area contributed by atoms with Crippen LogP contribution in [0.15, 0.2) is 39.7 Å². The van der Waals surface area contributed by atoms with Crippen molar-refractivity contribution in [1.82, 2.24) is 9.55 Å². The Kier molecular flexibility index (Phi) is 5.38. The maximum absolute atomic E-state index is 12.0. The van der Waals surface area contributed by atoms with Gasteiger partial charge in [-0.3, -0.25) is 4.79 Å². The van der Waals surface area contributed by atoms with Gasteiger partial charge in [0.05, 0.1) is 6.61 Å². The first kappa shape index (κ1) is 15.6. The van der Waals surface area contributed by atoms with E-state index in [4.69, 9.17) is 4.74 Å². The maximum Gasteiger partial charge on any atom is 0.274 e. The number of nitrogens with zero attached hydrogens (tertiary/aromatic N) is 2. The van der Waals surface area contributed by atoms with E-state index in [0.717, 1.165) is 17.3 Å². The molecule has 0 atom stereocenters. The summed E-state index contributed by atoms with van der Waals surface area (Å²) >= 11 is 3.37. The molecule has 1 N–H and O–H groups in total. The number of anilines is 2.